The third-order valence-corrected chi connectivity index (χ3v) is 4.21. The molecule has 1 aliphatic carbocycles. The molecule has 19 heavy (non-hydrogen) atoms. The van der Waals surface area contributed by atoms with Gasteiger partial charge in [0.15, 0.2) is 0 Å². The number of nitrogens with zero attached hydrogens (tertiary/aromatic N) is 1. The minimum Gasteiger partial charge on any atom is -0.388 e. The molecule has 3 heteroatoms. The van der Waals surface area contributed by atoms with Crippen molar-refractivity contribution in [1.29, 1.82) is 0 Å². The van der Waals surface area contributed by atoms with Crippen LogP contribution >= 0.6 is 11.6 Å². The van der Waals surface area contributed by atoms with Crippen molar-refractivity contribution in [3.05, 3.63) is 58.4 Å². The molecule has 0 bridgehead atoms. The predicted octanol–water partition coefficient (Wildman–Crippen LogP) is 3.95. The molecular formula is C16H18ClNO. The number of aromatic nitrogens is 1. The lowest BCUT2D eigenvalue weighted by Gasteiger charge is -2.07. The highest BCUT2D eigenvalue weighted by molar-refractivity contribution is 6.31. The highest BCUT2D eigenvalue weighted by Gasteiger charge is 2.18. The van der Waals surface area contributed by atoms with Crippen LogP contribution in [-0.2, 0) is 13.0 Å². The number of aryl methyl sites for hydroxylation is 1. The highest BCUT2D eigenvalue weighted by atomic mass is 35.5. The number of aliphatic hydroxyl groups is 1. The van der Waals surface area contributed by atoms with Crippen molar-refractivity contribution in [2.75, 3.05) is 0 Å². The summed E-state index contributed by atoms with van der Waals surface area (Å²) in [5.41, 5.74) is 3.51. The largest absolute Gasteiger partial charge is 0.388 e. The number of benzene rings is 1. The van der Waals surface area contributed by atoms with Crippen molar-refractivity contribution in [3.8, 4) is 0 Å². The molecule has 1 aromatic heterocycles. The molecule has 0 radical (unpaired) electrons. The zero-order valence-electron chi connectivity index (χ0n) is 10.8. The van der Waals surface area contributed by atoms with Gasteiger partial charge in [-0.3, -0.25) is 0 Å². The maximum Gasteiger partial charge on any atom is 0.0807 e. The molecule has 2 nitrogen and oxygen atoms in total. The van der Waals surface area contributed by atoms with E-state index in [9.17, 15) is 5.11 Å². The summed E-state index contributed by atoms with van der Waals surface area (Å²) in [7, 11) is 0. The van der Waals surface area contributed by atoms with Gasteiger partial charge < -0.3 is 9.67 Å². The lowest BCUT2D eigenvalue weighted by molar-refractivity contribution is 0.166. The average Bonchev–Trinajstić information content (AvgIpc) is 2.73. The Morgan fingerprint density at radius 3 is 2.89 bits per heavy atom. The van der Waals surface area contributed by atoms with Gasteiger partial charge in [0.05, 0.1) is 6.10 Å². The monoisotopic (exact) mass is 275 g/mol. The zero-order valence-corrected chi connectivity index (χ0v) is 11.6. The molecule has 100 valence electrons. The summed E-state index contributed by atoms with van der Waals surface area (Å²) in [6.45, 7) is 0.763. The molecule has 0 spiro atoms. The Hall–Kier alpha value is -1.25. The van der Waals surface area contributed by atoms with Crippen LogP contribution in [0, 0.1) is 0 Å². The van der Waals surface area contributed by atoms with Crippen LogP contribution in [0.1, 0.15) is 42.1 Å². The Morgan fingerprint density at radius 2 is 2.05 bits per heavy atom. The van der Waals surface area contributed by atoms with E-state index in [4.69, 9.17) is 11.6 Å². The van der Waals surface area contributed by atoms with Gasteiger partial charge >= 0.3 is 0 Å². The molecule has 3 rings (SSSR count). The first-order chi connectivity index (χ1) is 9.24. The molecule has 0 amide bonds. The van der Waals surface area contributed by atoms with Crippen LogP contribution in [-0.4, -0.2) is 9.67 Å². The third-order valence-electron chi connectivity index (χ3n) is 3.84. The molecule has 1 aromatic carbocycles. The topological polar surface area (TPSA) is 25.2 Å². The van der Waals surface area contributed by atoms with Crippen LogP contribution in [0.25, 0.3) is 0 Å². The maximum absolute atomic E-state index is 10.1. The number of hydrogen-bond acceptors (Lipinski definition) is 1. The zero-order chi connectivity index (χ0) is 13.2. The van der Waals surface area contributed by atoms with Gasteiger partial charge in [-0.05, 0) is 36.5 Å². The van der Waals surface area contributed by atoms with Crippen molar-refractivity contribution in [2.45, 2.75) is 38.3 Å². The van der Waals surface area contributed by atoms with Crippen LogP contribution in [0.15, 0.2) is 36.7 Å². The van der Waals surface area contributed by atoms with Crippen molar-refractivity contribution in [2.24, 2.45) is 0 Å². The SMILES string of the molecule is OC1CCCCc2cn(Cc3ccccc3Cl)cc21. The van der Waals surface area contributed by atoms with E-state index in [1.165, 1.54) is 12.0 Å². The molecule has 1 atom stereocenters. The second-order valence-corrected chi connectivity index (χ2v) is 5.67. The fourth-order valence-corrected chi connectivity index (χ4v) is 3.00. The molecule has 0 fully saturated rings. The van der Waals surface area contributed by atoms with E-state index in [0.717, 1.165) is 42.0 Å². The summed E-state index contributed by atoms with van der Waals surface area (Å²) in [5, 5.41) is 10.9. The highest BCUT2D eigenvalue weighted by Crippen LogP contribution is 2.29. The molecule has 1 aliphatic rings. The van der Waals surface area contributed by atoms with Gasteiger partial charge in [0.1, 0.15) is 0 Å². The van der Waals surface area contributed by atoms with E-state index in [1.54, 1.807) is 0 Å². The summed E-state index contributed by atoms with van der Waals surface area (Å²) in [6, 6.07) is 7.91. The van der Waals surface area contributed by atoms with Crippen molar-refractivity contribution >= 4 is 11.6 Å². The molecule has 1 heterocycles. The van der Waals surface area contributed by atoms with Gasteiger partial charge in [0.25, 0.3) is 0 Å². The van der Waals surface area contributed by atoms with Gasteiger partial charge in [-0.25, -0.2) is 0 Å². The Kier molecular flexibility index (Phi) is 3.63. The Balaban J connectivity index is 1.87. The van der Waals surface area contributed by atoms with E-state index in [1.807, 2.05) is 24.3 Å². The first-order valence-corrected chi connectivity index (χ1v) is 7.22. The van der Waals surface area contributed by atoms with E-state index in [2.05, 4.69) is 17.0 Å². The summed E-state index contributed by atoms with van der Waals surface area (Å²) >= 11 is 6.19. The predicted molar refractivity (Wildman–Crippen MR) is 77.5 cm³/mol. The Labute approximate surface area is 118 Å². The average molecular weight is 276 g/mol. The minimum atomic E-state index is -0.301. The number of halogens is 1. The smallest absolute Gasteiger partial charge is 0.0807 e. The van der Waals surface area contributed by atoms with Crippen molar-refractivity contribution < 1.29 is 5.11 Å². The number of hydrogen-bond donors (Lipinski definition) is 1. The van der Waals surface area contributed by atoms with Crippen LogP contribution in [0.5, 0.6) is 0 Å². The van der Waals surface area contributed by atoms with E-state index >= 15 is 0 Å². The van der Waals surface area contributed by atoms with Gasteiger partial charge in [0.2, 0.25) is 0 Å². The second kappa shape index (κ2) is 5.40. The fraction of sp³-hybridized carbons (Fsp3) is 0.375. The summed E-state index contributed by atoms with van der Waals surface area (Å²) < 4.78 is 2.14. The molecule has 1 N–H and O–H groups in total. The van der Waals surface area contributed by atoms with Gasteiger partial charge in [-0.15, -0.1) is 0 Å². The minimum absolute atomic E-state index is 0.301. The number of fused-ring (bicyclic) bond motifs is 1. The molecule has 2 aromatic rings. The Bertz CT molecular complexity index is 576. The van der Waals surface area contributed by atoms with Crippen LogP contribution in [0.4, 0.5) is 0 Å². The molecular weight excluding hydrogens is 258 g/mol. The second-order valence-electron chi connectivity index (χ2n) is 5.26. The standard InChI is InChI=1S/C16H18ClNO/c17-15-7-3-1-6-13(15)10-18-9-12-5-2-4-8-16(19)14(12)11-18/h1,3,6-7,9,11,16,19H,2,4-5,8,10H2. The maximum atomic E-state index is 10.1. The first kappa shape index (κ1) is 12.8. The van der Waals surface area contributed by atoms with Crippen LogP contribution in [0.3, 0.4) is 0 Å². The Morgan fingerprint density at radius 1 is 1.21 bits per heavy atom. The van der Waals surface area contributed by atoms with Gasteiger partial charge in [-0.2, -0.15) is 0 Å². The summed E-state index contributed by atoms with van der Waals surface area (Å²) in [4.78, 5) is 0. The summed E-state index contributed by atoms with van der Waals surface area (Å²) in [6.07, 6.45) is 8.16. The lowest BCUT2D eigenvalue weighted by Crippen LogP contribution is -1.98. The molecule has 1 unspecified atom stereocenters. The molecule has 0 aliphatic heterocycles. The fourth-order valence-electron chi connectivity index (χ4n) is 2.81. The summed E-state index contributed by atoms with van der Waals surface area (Å²) in [5.74, 6) is 0. The molecule has 0 saturated carbocycles. The lowest BCUT2D eigenvalue weighted by atomic mass is 10.1. The van der Waals surface area contributed by atoms with Gasteiger partial charge in [-0.1, -0.05) is 36.2 Å². The quantitative estimate of drug-likeness (QED) is 0.825. The number of aliphatic hydroxyl groups excluding tert-OH is 1. The van der Waals surface area contributed by atoms with E-state index < -0.39 is 0 Å². The first-order valence-electron chi connectivity index (χ1n) is 6.84. The van der Waals surface area contributed by atoms with Crippen LogP contribution in [0.2, 0.25) is 5.02 Å². The van der Waals surface area contributed by atoms with E-state index in [-0.39, 0.29) is 6.10 Å². The van der Waals surface area contributed by atoms with E-state index in [0.29, 0.717) is 0 Å². The van der Waals surface area contributed by atoms with Crippen molar-refractivity contribution in [1.82, 2.24) is 4.57 Å². The van der Waals surface area contributed by atoms with Gasteiger partial charge in [0, 0.05) is 29.5 Å². The van der Waals surface area contributed by atoms with Crippen LogP contribution < -0.4 is 0 Å². The number of rotatable bonds is 2. The molecule has 0 saturated heterocycles. The third kappa shape index (κ3) is 2.70. The normalized spacial score (nSPS) is 18.9. The van der Waals surface area contributed by atoms with Crippen molar-refractivity contribution in [3.63, 3.8) is 0 Å².